The number of aromatic nitrogens is 2. The first-order valence-electron chi connectivity index (χ1n) is 7.66. The molecule has 6 nitrogen and oxygen atoms in total. The third-order valence-electron chi connectivity index (χ3n) is 3.61. The van der Waals surface area contributed by atoms with E-state index >= 15 is 0 Å². The molecule has 0 saturated carbocycles. The van der Waals surface area contributed by atoms with E-state index in [1.807, 2.05) is 37.3 Å². The van der Waals surface area contributed by atoms with Crippen molar-refractivity contribution in [2.24, 2.45) is 0 Å². The molecule has 0 aliphatic heterocycles. The lowest BCUT2D eigenvalue weighted by molar-refractivity contribution is -0.147. The van der Waals surface area contributed by atoms with Crippen LogP contribution >= 0.6 is 15.9 Å². The second-order valence-electron chi connectivity index (χ2n) is 5.45. The lowest BCUT2D eigenvalue weighted by Gasteiger charge is -2.09. The Morgan fingerprint density at radius 3 is 2.80 bits per heavy atom. The van der Waals surface area contributed by atoms with Gasteiger partial charge in [0.2, 0.25) is 0 Å². The van der Waals surface area contributed by atoms with Gasteiger partial charge in [0.05, 0.1) is 11.0 Å². The Kier molecular flexibility index (Phi) is 5.14. The Morgan fingerprint density at radius 1 is 1.20 bits per heavy atom. The Balaban J connectivity index is 1.57. The van der Waals surface area contributed by atoms with Crippen LogP contribution in [-0.2, 0) is 20.9 Å². The van der Waals surface area contributed by atoms with E-state index in [0.717, 1.165) is 21.3 Å². The van der Waals surface area contributed by atoms with Crippen molar-refractivity contribution >= 4 is 44.5 Å². The normalized spacial score (nSPS) is 10.6. The van der Waals surface area contributed by atoms with Crippen LogP contribution < -0.4 is 5.32 Å². The first-order valence-corrected chi connectivity index (χ1v) is 8.45. The van der Waals surface area contributed by atoms with Gasteiger partial charge in [0.15, 0.2) is 6.61 Å². The summed E-state index contributed by atoms with van der Waals surface area (Å²) in [4.78, 5) is 28.3. The van der Waals surface area contributed by atoms with Crippen molar-refractivity contribution in [1.29, 1.82) is 0 Å². The molecule has 1 heterocycles. The van der Waals surface area contributed by atoms with Gasteiger partial charge in [-0.25, -0.2) is 4.98 Å². The van der Waals surface area contributed by atoms with Crippen LogP contribution in [0.2, 0.25) is 0 Å². The SMILES string of the molecule is Cc1nc2ccccc2n1CC(=O)OCC(=O)Nc1cccc(Br)c1. The van der Waals surface area contributed by atoms with Crippen LogP contribution in [0.3, 0.4) is 0 Å². The fraction of sp³-hybridized carbons (Fsp3) is 0.167. The molecule has 0 aliphatic rings. The number of amides is 1. The summed E-state index contributed by atoms with van der Waals surface area (Å²) in [6, 6.07) is 14.7. The molecule has 1 aromatic heterocycles. The van der Waals surface area contributed by atoms with Crippen LogP contribution in [0.4, 0.5) is 5.69 Å². The molecule has 0 spiro atoms. The average molecular weight is 402 g/mol. The number of carbonyl (C=O) groups is 2. The highest BCUT2D eigenvalue weighted by atomic mass is 79.9. The Bertz CT molecular complexity index is 936. The molecular formula is C18H16BrN3O3. The zero-order valence-corrected chi connectivity index (χ0v) is 15.1. The average Bonchev–Trinajstić information content (AvgIpc) is 2.89. The molecule has 0 aliphatic carbocycles. The smallest absolute Gasteiger partial charge is 0.326 e. The predicted molar refractivity (Wildman–Crippen MR) is 98.2 cm³/mol. The standard InChI is InChI=1S/C18H16BrN3O3/c1-12-20-15-7-2-3-8-16(15)22(12)10-18(24)25-11-17(23)21-14-6-4-5-13(19)9-14/h2-9H,10-11H2,1H3,(H,21,23). The summed E-state index contributed by atoms with van der Waals surface area (Å²) in [7, 11) is 0. The lowest BCUT2D eigenvalue weighted by atomic mass is 10.3. The van der Waals surface area contributed by atoms with Crippen molar-refractivity contribution in [3.05, 3.63) is 58.8 Å². The molecule has 0 bridgehead atoms. The van der Waals surface area contributed by atoms with Crippen LogP contribution in [0.25, 0.3) is 11.0 Å². The molecule has 128 valence electrons. The van der Waals surface area contributed by atoms with Gasteiger partial charge in [0.25, 0.3) is 5.91 Å². The molecule has 0 fully saturated rings. The molecular weight excluding hydrogens is 386 g/mol. The van der Waals surface area contributed by atoms with Gasteiger partial charge in [-0.2, -0.15) is 0 Å². The molecule has 25 heavy (non-hydrogen) atoms. The maximum atomic E-state index is 12.1. The lowest BCUT2D eigenvalue weighted by Crippen LogP contribution is -2.23. The number of hydrogen-bond acceptors (Lipinski definition) is 4. The first kappa shape index (κ1) is 17.2. The summed E-state index contributed by atoms with van der Waals surface area (Å²) in [6.07, 6.45) is 0. The maximum absolute atomic E-state index is 12.1. The Hall–Kier alpha value is -2.67. The van der Waals surface area contributed by atoms with Crippen LogP contribution in [0.1, 0.15) is 5.82 Å². The minimum atomic E-state index is -0.490. The molecule has 2 aromatic carbocycles. The van der Waals surface area contributed by atoms with Gasteiger partial charge < -0.3 is 14.6 Å². The zero-order valence-electron chi connectivity index (χ0n) is 13.5. The number of hydrogen-bond donors (Lipinski definition) is 1. The van der Waals surface area contributed by atoms with E-state index in [-0.39, 0.29) is 13.2 Å². The maximum Gasteiger partial charge on any atom is 0.326 e. The number of imidazole rings is 1. The summed E-state index contributed by atoms with van der Waals surface area (Å²) in [5, 5.41) is 2.67. The van der Waals surface area contributed by atoms with Crippen molar-refractivity contribution in [1.82, 2.24) is 9.55 Å². The number of anilines is 1. The molecule has 0 unspecified atom stereocenters. The number of esters is 1. The van der Waals surface area contributed by atoms with Crippen LogP contribution in [-0.4, -0.2) is 28.0 Å². The molecule has 1 amide bonds. The summed E-state index contributed by atoms with van der Waals surface area (Å²) in [5.74, 6) is -0.161. The molecule has 0 radical (unpaired) electrons. The van der Waals surface area contributed by atoms with Gasteiger partial charge in [-0.15, -0.1) is 0 Å². The van der Waals surface area contributed by atoms with Gasteiger partial charge in [-0.3, -0.25) is 9.59 Å². The highest BCUT2D eigenvalue weighted by Crippen LogP contribution is 2.16. The third-order valence-corrected chi connectivity index (χ3v) is 4.10. The summed E-state index contributed by atoms with van der Waals surface area (Å²) in [5.41, 5.74) is 2.31. The van der Waals surface area contributed by atoms with Gasteiger partial charge in [0.1, 0.15) is 12.4 Å². The van der Waals surface area contributed by atoms with Gasteiger partial charge in [-0.05, 0) is 37.3 Å². The van der Waals surface area contributed by atoms with Gasteiger partial charge >= 0.3 is 5.97 Å². The monoisotopic (exact) mass is 401 g/mol. The minimum Gasteiger partial charge on any atom is -0.454 e. The fourth-order valence-corrected chi connectivity index (χ4v) is 2.88. The largest absolute Gasteiger partial charge is 0.454 e. The van der Waals surface area contributed by atoms with Crippen molar-refractivity contribution in [3.8, 4) is 0 Å². The van der Waals surface area contributed by atoms with Crippen molar-refractivity contribution in [2.45, 2.75) is 13.5 Å². The summed E-state index contributed by atoms with van der Waals surface area (Å²) < 4.78 is 7.69. The number of halogens is 1. The molecule has 1 N–H and O–H groups in total. The van der Waals surface area contributed by atoms with Crippen molar-refractivity contribution in [3.63, 3.8) is 0 Å². The van der Waals surface area contributed by atoms with Gasteiger partial charge in [-0.1, -0.05) is 34.1 Å². The van der Waals surface area contributed by atoms with E-state index in [4.69, 9.17) is 4.74 Å². The topological polar surface area (TPSA) is 73.2 Å². The van der Waals surface area contributed by atoms with E-state index in [0.29, 0.717) is 5.69 Å². The molecule has 3 rings (SSSR count). The van der Waals surface area contributed by atoms with Crippen LogP contribution in [0.5, 0.6) is 0 Å². The van der Waals surface area contributed by atoms with Crippen molar-refractivity contribution in [2.75, 3.05) is 11.9 Å². The minimum absolute atomic E-state index is 0.0104. The van der Waals surface area contributed by atoms with E-state index in [1.54, 1.807) is 22.8 Å². The molecule has 0 atom stereocenters. The number of carbonyl (C=O) groups excluding carboxylic acids is 2. The van der Waals surface area contributed by atoms with E-state index < -0.39 is 11.9 Å². The Morgan fingerprint density at radius 2 is 2.00 bits per heavy atom. The fourth-order valence-electron chi connectivity index (χ4n) is 2.48. The quantitative estimate of drug-likeness (QED) is 0.665. The summed E-state index contributed by atoms with van der Waals surface area (Å²) >= 11 is 3.33. The number of ether oxygens (including phenoxy) is 1. The number of fused-ring (bicyclic) bond motifs is 1. The molecule has 3 aromatic rings. The first-order chi connectivity index (χ1) is 12.0. The van der Waals surface area contributed by atoms with E-state index in [2.05, 4.69) is 26.2 Å². The second-order valence-corrected chi connectivity index (χ2v) is 6.37. The second kappa shape index (κ2) is 7.48. The summed E-state index contributed by atoms with van der Waals surface area (Å²) in [6.45, 7) is 1.50. The van der Waals surface area contributed by atoms with Crippen molar-refractivity contribution < 1.29 is 14.3 Å². The molecule has 7 heteroatoms. The highest BCUT2D eigenvalue weighted by molar-refractivity contribution is 9.10. The zero-order chi connectivity index (χ0) is 17.8. The van der Waals surface area contributed by atoms with Gasteiger partial charge in [0, 0.05) is 10.2 Å². The van der Waals surface area contributed by atoms with E-state index in [9.17, 15) is 9.59 Å². The van der Waals surface area contributed by atoms with E-state index in [1.165, 1.54) is 0 Å². The number of aryl methyl sites for hydroxylation is 1. The van der Waals surface area contributed by atoms with Crippen LogP contribution in [0.15, 0.2) is 53.0 Å². The number of rotatable bonds is 5. The highest BCUT2D eigenvalue weighted by Gasteiger charge is 2.13. The number of benzene rings is 2. The third kappa shape index (κ3) is 4.24. The number of nitrogens with one attached hydrogen (secondary N) is 1. The number of nitrogens with zero attached hydrogens (tertiary/aromatic N) is 2. The predicted octanol–water partition coefficient (Wildman–Crippen LogP) is 3.29. The Labute approximate surface area is 152 Å². The molecule has 0 saturated heterocycles. The van der Waals surface area contributed by atoms with Crippen LogP contribution in [0, 0.1) is 6.92 Å². The number of para-hydroxylation sites is 2.